The summed E-state index contributed by atoms with van der Waals surface area (Å²) in [6, 6.07) is 19.6. The van der Waals surface area contributed by atoms with Gasteiger partial charge in [0.2, 0.25) is 10.0 Å². The third-order valence-corrected chi connectivity index (χ3v) is 6.98. The van der Waals surface area contributed by atoms with E-state index < -0.39 is 15.8 Å². The molecule has 0 bridgehead atoms. The Morgan fingerprint density at radius 1 is 1.00 bits per heavy atom. The maximum Gasteiger partial charge on any atom is 0.262 e. The average molecular weight is 500 g/mol. The molecule has 0 aliphatic heterocycles. The van der Waals surface area contributed by atoms with Crippen LogP contribution in [-0.4, -0.2) is 30.3 Å². The van der Waals surface area contributed by atoms with E-state index in [2.05, 4.69) is 4.98 Å². The number of rotatable bonds is 9. The smallest absolute Gasteiger partial charge is 0.262 e. The van der Waals surface area contributed by atoms with E-state index in [-0.39, 0.29) is 22.8 Å². The monoisotopic (exact) mass is 499 g/mol. The van der Waals surface area contributed by atoms with Crippen LogP contribution in [0.3, 0.4) is 0 Å². The first-order valence-corrected chi connectivity index (χ1v) is 13.0. The van der Waals surface area contributed by atoms with Crippen LogP contribution in [0.15, 0.2) is 87.6 Å². The molecule has 0 atom stereocenters. The number of sulfonamides is 1. The third kappa shape index (κ3) is 5.64. The van der Waals surface area contributed by atoms with E-state index in [0.717, 1.165) is 5.56 Å². The Morgan fingerprint density at radius 3 is 2.44 bits per heavy atom. The van der Waals surface area contributed by atoms with Crippen molar-refractivity contribution >= 4 is 32.7 Å². The number of fused-ring (bicyclic) bond motifs is 1. The SMILES string of the molecule is NS(=O)(=O)c1ccc(CCn2c(SCCOc3ccccc3F)nc3ccccc3c2=O)cc1. The fraction of sp³-hybridized carbons (Fsp3) is 0.167. The molecule has 7 nitrogen and oxygen atoms in total. The Hall–Kier alpha value is -3.21. The molecule has 1 aromatic heterocycles. The van der Waals surface area contributed by atoms with E-state index in [0.29, 0.717) is 34.8 Å². The second-order valence-electron chi connectivity index (χ2n) is 7.43. The van der Waals surface area contributed by atoms with Crippen LogP contribution >= 0.6 is 11.8 Å². The Balaban J connectivity index is 1.52. The molecule has 0 radical (unpaired) electrons. The van der Waals surface area contributed by atoms with E-state index in [1.807, 2.05) is 6.07 Å². The van der Waals surface area contributed by atoms with Crippen molar-refractivity contribution in [1.82, 2.24) is 9.55 Å². The Labute approximate surface area is 200 Å². The molecule has 0 aliphatic rings. The molecule has 3 aromatic carbocycles. The van der Waals surface area contributed by atoms with E-state index in [1.54, 1.807) is 53.1 Å². The number of benzene rings is 3. The number of hydrogen-bond acceptors (Lipinski definition) is 6. The van der Waals surface area contributed by atoms with E-state index in [9.17, 15) is 17.6 Å². The molecular formula is C24H22FN3O4S2. The van der Waals surface area contributed by atoms with Gasteiger partial charge >= 0.3 is 0 Å². The molecule has 0 spiro atoms. The van der Waals surface area contributed by atoms with Gasteiger partial charge in [0.05, 0.1) is 22.4 Å². The Bertz CT molecular complexity index is 1470. The zero-order valence-corrected chi connectivity index (χ0v) is 19.7. The first kappa shape index (κ1) is 23.9. The Morgan fingerprint density at radius 2 is 1.71 bits per heavy atom. The van der Waals surface area contributed by atoms with Gasteiger partial charge in [-0.1, -0.05) is 48.2 Å². The Kier molecular flexibility index (Phi) is 7.30. The molecular weight excluding hydrogens is 477 g/mol. The van der Waals surface area contributed by atoms with E-state index in [4.69, 9.17) is 9.88 Å². The van der Waals surface area contributed by atoms with Gasteiger partial charge < -0.3 is 4.74 Å². The molecule has 34 heavy (non-hydrogen) atoms. The molecule has 1 heterocycles. The van der Waals surface area contributed by atoms with E-state index in [1.165, 1.54) is 30.0 Å². The number of ether oxygens (including phenoxy) is 1. The first-order valence-electron chi connectivity index (χ1n) is 10.4. The van der Waals surface area contributed by atoms with Crippen LogP contribution in [-0.2, 0) is 23.0 Å². The standard InChI is InChI=1S/C24H22FN3O4S2/c25-20-6-2-4-8-22(20)32-15-16-33-24-27-21-7-3-1-5-19(21)23(29)28(24)14-13-17-9-11-18(12-10-17)34(26,30)31/h1-12H,13-16H2,(H2,26,30,31). The normalized spacial score (nSPS) is 11.6. The maximum absolute atomic E-state index is 13.8. The lowest BCUT2D eigenvalue weighted by Crippen LogP contribution is -2.24. The highest BCUT2D eigenvalue weighted by molar-refractivity contribution is 7.99. The van der Waals surface area contributed by atoms with Crippen molar-refractivity contribution in [3.63, 3.8) is 0 Å². The van der Waals surface area contributed by atoms with Crippen LogP contribution in [0.5, 0.6) is 5.75 Å². The van der Waals surface area contributed by atoms with Crippen molar-refractivity contribution < 1.29 is 17.5 Å². The number of para-hydroxylation sites is 2. The van der Waals surface area contributed by atoms with Gasteiger partial charge in [-0.05, 0) is 48.4 Å². The van der Waals surface area contributed by atoms with Crippen LogP contribution < -0.4 is 15.4 Å². The highest BCUT2D eigenvalue weighted by Crippen LogP contribution is 2.20. The van der Waals surface area contributed by atoms with Crippen molar-refractivity contribution in [2.45, 2.75) is 23.0 Å². The third-order valence-electron chi connectivity index (χ3n) is 5.11. The van der Waals surface area contributed by atoms with E-state index >= 15 is 0 Å². The summed E-state index contributed by atoms with van der Waals surface area (Å²) in [6.45, 7) is 0.589. The zero-order chi connectivity index (χ0) is 24.1. The molecule has 0 fully saturated rings. The molecule has 0 amide bonds. The van der Waals surface area contributed by atoms with Crippen molar-refractivity contribution in [1.29, 1.82) is 0 Å². The number of halogens is 1. The minimum absolute atomic E-state index is 0.0342. The number of nitrogens with zero attached hydrogens (tertiary/aromatic N) is 2. The first-order chi connectivity index (χ1) is 16.3. The molecule has 0 saturated heterocycles. The summed E-state index contributed by atoms with van der Waals surface area (Å²) in [6.07, 6.45) is 0.490. The number of primary sulfonamides is 1. The summed E-state index contributed by atoms with van der Waals surface area (Å²) in [5.74, 6) is 0.207. The van der Waals surface area contributed by atoms with Crippen molar-refractivity contribution in [2.24, 2.45) is 5.14 Å². The largest absolute Gasteiger partial charge is 0.490 e. The second kappa shape index (κ2) is 10.4. The highest BCUT2D eigenvalue weighted by Gasteiger charge is 2.13. The quantitative estimate of drug-likeness (QED) is 0.214. The van der Waals surface area contributed by atoms with Crippen LogP contribution in [0, 0.1) is 5.82 Å². The summed E-state index contributed by atoms with van der Waals surface area (Å²) >= 11 is 1.35. The predicted molar refractivity (Wildman–Crippen MR) is 130 cm³/mol. The van der Waals surface area contributed by atoms with Crippen LogP contribution in [0.25, 0.3) is 10.9 Å². The maximum atomic E-state index is 13.8. The lowest BCUT2D eigenvalue weighted by molar-refractivity contribution is 0.324. The summed E-state index contributed by atoms with van der Waals surface area (Å²) < 4.78 is 43.8. The molecule has 4 rings (SSSR count). The van der Waals surface area contributed by atoms with Crippen molar-refractivity contribution in [2.75, 3.05) is 12.4 Å². The fourth-order valence-corrected chi connectivity index (χ4v) is 4.75. The summed E-state index contributed by atoms with van der Waals surface area (Å²) in [7, 11) is -3.76. The van der Waals surface area contributed by atoms with Crippen LogP contribution in [0.4, 0.5) is 4.39 Å². The van der Waals surface area contributed by atoms with Gasteiger partial charge in [-0.2, -0.15) is 0 Å². The van der Waals surface area contributed by atoms with Gasteiger partial charge in [0, 0.05) is 12.3 Å². The van der Waals surface area contributed by atoms with Crippen LogP contribution in [0.1, 0.15) is 5.56 Å². The predicted octanol–water partition coefficient (Wildman–Crippen LogP) is 3.60. The molecule has 2 N–H and O–H groups in total. The van der Waals surface area contributed by atoms with Gasteiger partial charge in [-0.15, -0.1) is 0 Å². The van der Waals surface area contributed by atoms with Gasteiger partial charge in [0.1, 0.15) is 0 Å². The van der Waals surface area contributed by atoms with Gasteiger partial charge in [-0.25, -0.2) is 22.9 Å². The minimum atomic E-state index is -3.76. The average Bonchev–Trinajstić information content (AvgIpc) is 2.82. The molecule has 176 valence electrons. The molecule has 0 aliphatic carbocycles. The topological polar surface area (TPSA) is 104 Å². The fourth-order valence-electron chi connectivity index (χ4n) is 3.39. The molecule has 10 heteroatoms. The van der Waals surface area contributed by atoms with Gasteiger partial charge in [0.25, 0.3) is 5.56 Å². The summed E-state index contributed by atoms with van der Waals surface area (Å²) in [5.41, 5.74) is 1.29. The number of aryl methyl sites for hydroxylation is 1. The number of thioether (sulfide) groups is 1. The lowest BCUT2D eigenvalue weighted by Gasteiger charge is -2.14. The zero-order valence-electron chi connectivity index (χ0n) is 18.1. The lowest BCUT2D eigenvalue weighted by atomic mass is 10.1. The highest BCUT2D eigenvalue weighted by atomic mass is 32.2. The molecule has 0 unspecified atom stereocenters. The second-order valence-corrected chi connectivity index (χ2v) is 10.1. The molecule has 0 saturated carbocycles. The number of hydrogen-bond donors (Lipinski definition) is 1. The minimum Gasteiger partial charge on any atom is -0.490 e. The summed E-state index contributed by atoms with van der Waals surface area (Å²) in [5, 5.41) is 6.20. The summed E-state index contributed by atoms with van der Waals surface area (Å²) in [4.78, 5) is 17.9. The number of nitrogens with two attached hydrogens (primary N) is 1. The van der Waals surface area contributed by atoms with Crippen molar-refractivity contribution in [3.8, 4) is 5.75 Å². The van der Waals surface area contributed by atoms with Gasteiger partial charge in [-0.3, -0.25) is 9.36 Å². The molecule has 4 aromatic rings. The van der Waals surface area contributed by atoms with Gasteiger partial charge in [0.15, 0.2) is 16.7 Å². The van der Waals surface area contributed by atoms with Crippen LogP contribution in [0.2, 0.25) is 0 Å². The number of aromatic nitrogens is 2. The van der Waals surface area contributed by atoms with Crippen molar-refractivity contribution in [3.05, 3.63) is 94.5 Å².